The zero-order valence-electron chi connectivity index (χ0n) is 14.1. The number of amides is 2. The third kappa shape index (κ3) is 7.63. The van der Waals surface area contributed by atoms with Crippen LogP contribution in [0.3, 0.4) is 0 Å². The van der Waals surface area contributed by atoms with Gasteiger partial charge in [0, 0.05) is 25.7 Å². The summed E-state index contributed by atoms with van der Waals surface area (Å²) >= 11 is 0. The van der Waals surface area contributed by atoms with Gasteiger partial charge in [0.15, 0.2) is 0 Å². The monoisotopic (exact) mass is 321 g/mol. The van der Waals surface area contributed by atoms with E-state index in [1.807, 2.05) is 0 Å². The number of aryl methyl sites for hydroxylation is 1. The molecule has 0 aromatic carbocycles. The Bertz CT molecular complexity index is 566. The van der Waals surface area contributed by atoms with Gasteiger partial charge >= 0.3 is 0 Å². The first kappa shape index (κ1) is 18.9. The number of nitrogens with zero attached hydrogens (tertiary/aromatic N) is 1. The van der Waals surface area contributed by atoms with Gasteiger partial charge < -0.3 is 4.57 Å². The quantitative estimate of drug-likeness (QED) is 0.541. The van der Waals surface area contributed by atoms with Gasteiger partial charge in [-0.25, -0.2) is 0 Å². The highest BCUT2D eigenvalue weighted by Gasteiger charge is 2.08. The summed E-state index contributed by atoms with van der Waals surface area (Å²) in [4.78, 5) is 34.8. The van der Waals surface area contributed by atoms with E-state index in [4.69, 9.17) is 0 Å². The van der Waals surface area contributed by atoms with Gasteiger partial charge in [-0.2, -0.15) is 0 Å². The lowest BCUT2D eigenvalue weighted by Crippen LogP contribution is -2.41. The van der Waals surface area contributed by atoms with Crippen LogP contribution in [0, 0.1) is 0 Å². The summed E-state index contributed by atoms with van der Waals surface area (Å²) in [6.07, 6.45) is 9.84. The average Bonchev–Trinajstić information content (AvgIpc) is 2.54. The largest absolute Gasteiger partial charge is 0.318 e. The molecular weight excluding hydrogens is 294 g/mol. The van der Waals surface area contributed by atoms with Gasteiger partial charge in [0.1, 0.15) is 0 Å². The highest BCUT2D eigenvalue weighted by atomic mass is 16.2. The van der Waals surface area contributed by atoms with Crippen molar-refractivity contribution in [2.24, 2.45) is 7.05 Å². The molecule has 0 unspecified atom stereocenters. The Labute approximate surface area is 137 Å². The number of carbonyl (C=O) groups excluding carboxylic acids is 2. The fourth-order valence-corrected chi connectivity index (χ4v) is 2.23. The highest BCUT2D eigenvalue weighted by Crippen LogP contribution is 2.08. The molecule has 0 aliphatic heterocycles. The number of unbranched alkanes of at least 4 members (excludes halogenated alkanes) is 6. The molecule has 2 N–H and O–H groups in total. The minimum absolute atomic E-state index is 0.190. The molecule has 0 saturated heterocycles. The van der Waals surface area contributed by atoms with Crippen molar-refractivity contribution in [2.75, 3.05) is 0 Å². The minimum atomic E-state index is -0.437. The van der Waals surface area contributed by atoms with Crippen LogP contribution >= 0.6 is 0 Å². The first-order valence-corrected chi connectivity index (χ1v) is 8.30. The van der Waals surface area contributed by atoms with Crippen LogP contribution in [0.4, 0.5) is 0 Å². The summed E-state index contributed by atoms with van der Waals surface area (Å²) in [5.74, 6) is -0.634. The Morgan fingerprint density at radius 3 is 2.30 bits per heavy atom. The maximum Gasteiger partial charge on any atom is 0.271 e. The van der Waals surface area contributed by atoms with Crippen LogP contribution in [0.15, 0.2) is 23.1 Å². The molecule has 0 saturated carbocycles. The first-order chi connectivity index (χ1) is 11.0. The third-order valence-corrected chi connectivity index (χ3v) is 3.67. The number of nitrogens with one attached hydrogen (secondary N) is 2. The Morgan fingerprint density at radius 2 is 1.65 bits per heavy atom. The molecule has 0 atom stereocenters. The van der Waals surface area contributed by atoms with Crippen molar-refractivity contribution in [3.63, 3.8) is 0 Å². The lowest BCUT2D eigenvalue weighted by molar-refractivity contribution is -0.122. The first-order valence-electron chi connectivity index (χ1n) is 8.30. The number of carbonyl (C=O) groups is 2. The van der Waals surface area contributed by atoms with Crippen molar-refractivity contribution >= 4 is 11.8 Å². The minimum Gasteiger partial charge on any atom is -0.318 e. The molecule has 1 heterocycles. The molecule has 6 heteroatoms. The molecule has 0 radical (unpaired) electrons. The van der Waals surface area contributed by atoms with Crippen LogP contribution in [-0.4, -0.2) is 16.4 Å². The predicted molar refractivity (Wildman–Crippen MR) is 89.9 cm³/mol. The van der Waals surface area contributed by atoms with Gasteiger partial charge in [-0.3, -0.25) is 25.2 Å². The number of aromatic nitrogens is 1. The fraction of sp³-hybridized carbons (Fsp3) is 0.588. The Kier molecular flexibility index (Phi) is 8.72. The normalized spacial score (nSPS) is 10.3. The summed E-state index contributed by atoms with van der Waals surface area (Å²) in [5, 5.41) is 0. The molecule has 0 fully saturated rings. The maximum absolute atomic E-state index is 11.8. The van der Waals surface area contributed by atoms with E-state index in [1.54, 1.807) is 7.05 Å². The molecule has 1 aromatic heterocycles. The molecule has 0 spiro atoms. The zero-order chi connectivity index (χ0) is 17.1. The van der Waals surface area contributed by atoms with Gasteiger partial charge in [-0.05, 0) is 12.5 Å². The average molecular weight is 321 g/mol. The molecule has 0 aliphatic rings. The number of rotatable bonds is 9. The molecule has 23 heavy (non-hydrogen) atoms. The van der Waals surface area contributed by atoms with Crippen LogP contribution in [0.2, 0.25) is 0 Å². The molecule has 0 bridgehead atoms. The van der Waals surface area contributed by atoms with Crippen molar-refractivity contribution in [1.82, 2.24) is 15.4 Å². The van der Waals surface area contributed by atoms with E-state index < -0.39 is 5.91 Å². The van der Waals surface area contributed by atoms with E-state index in [1.165, 1.54) is 48.6 Å². The second kappa shape index (κ2) is 10.6. The Hall–Kier alpha value is -2.11. The van der Waals surface area contributed by atoms with Crippen LogP contribution < -0.4 is 16.4 Å². The predicted octanol–water partition coefficient (Wildman–Crippen LogP) is 2.29. The fourth-order valence-electron chi connectivity index (χ4n) is 2.23. The van der Waals surface area contributed by atoms with Gasteiger partial charge in [-0.1, -0.05) is 45.4 Å². The van der Waals surface area contributed by atoms with Gasteiger partial charge in [-0.15, -0.1) is 0 Å². The SMILES string of the molecule is CCCCCCCCCC(=O)NNC(=O)c1ccc(=O)n(C)c1. The maximum atomic E-state index is 11.8. The number of hydrogen-bond donors (Lipinski definition) is 2. The van der Waals surface area contributed by atoms with Gasteiger partial charge in [0.2, 0.25) is 11.5 Å². The van der Waals surface area contributed by atoms with E-state index >= 15 is 0 Å². The number of pyridine rings is 1. The van der Waals surface area contributed by atoms with E-state index in [0.29, 0.717) is 12.0 Å². The second-order valence-corrected chi connectivity index (χ2v) is 5.74. The smallest absolute Gasteiger partial charge is 0.271 e. The van der Waals surface area contributed by atoms with Crippen molar-refractivity contribution in [3.8, 4) is 0 Å². The van der Waals surface area contributed by atoms with Crippen molar-refractivity contribution in [3.05, 3.63) is 34.2 Å². The van der Waals surface area contributed by atoms with Crippen LogP contribution in [0.25, 0.3) is 0 Å². The van der Waals surface area contributed by atoms with Gasteiger partial charge in [0.05, 0.1) is 5.56 Å². The molecule has 2 amide bonds. The molecule has 6 nitrogen and oxygen atoms in total. The Morgan fingerprint density at radius 1 is 1.00 bits per heavy atom. The zero-order valence-corrected chi connectivity index (χ0v) is 14.1. The standard InChI is InChI=1S/C17H27N3O3/c1-3-4-5-6-7-8-9-10-15(21)18-19-17(23)14-11-12-16(22)20(2)13-14/h11-13H,3-10H2,1-2H3,(H,18,21)(H,19,23). The molecule has 128 valence electrons. The molecular formula is C17H27N3O3. The number of hydrazine groups is 1. The highest BCUT2D eigenvalue weighted by molar-refractivity contribution is 5.95. The van der Waals surface area contributed by atoms with Crippen LogP contribution in [0.5, 0.6) is 0 Å². The van der Waals surface area contributed by atoms with E-state index in [2.05, 4.69) is 17.8 Å². The van der Waals surface area contributed by atoms with Crippen molar-refractivity contribution in [2.45, 2.75) is 58.3 Å². The summed E-state index contributed by atoms with van der Waals surface area (Å²) in [5.41, 5.74) is 4.89. The molecule has 1 rings (SSSR count). The van der Waals surface area contributed by atoms with Crippen LogP contribution in [0.1, 0.15) is 68.6 Å². The Balaban J connectivity index is 2.19. The molecule has 0 aliphatic carbocycles. The topological polar surface area (TPSA) is 80.2 Å². The number of hydrogen-bond acceptors (Lipinski definition) is 3. The lowest BCUT2D eigenvalue weighted by atomic mass is 10.1. The summed E-state index contributed by atoms with van der Waals surface area (Å²) in [7, 11) is 1.57. The summed E-state index contributed by atoms with van der Waals surface area (Å²) in [6.45, 7) is 2.19. The van der Waals surface area contributed by atoms with E-state index in [-0.39, 0.29) is 11.5 Å². The third-order valence-electron chi connectivity index (χ3n) is 3.67. The van der Waals surface area contributed by atoms with Crippen molar-refractivity contribution < 1.29 is 9.59 Å². The lowest BCUT2D eigenvalue weighted by Gasteiger charge is -2.08. The van der Waals surface area contributed by atoms with Crippen molar-refractivity contribution in [1.29, 1.82) is 0 Å². The molecule has 1 aromatic rings. The second-order valence-electron chi connectivity index (χ2n) is 5.74. The summed E-state index contributed by atoms with van der Waals surface area (Å²) < 4.78 is 1.31. The van der Waals surface area contributed by atoms with E-state index in [0.717, 1.165) is 19.3 Å². The van der Waals surface area contributed by atoms with E-state index in [9.17, 15) is 14.4 Å². The van der Waals surface area contributed by atoms with Crippen LogP contribution in [-0.2, 0) is 11.8 Å². The summed E-state index contributed by atoms with van der Waals surface area (Å²) in [6, 6.07) is 2.75. The van der Waals surface area contributed by atoms with Gasteiger partial charge in [0.25, 0.3) is 5.91 Å².